The van der Waals surface area contributed by atoms with E-state index in [0.717, 1.165) is 18.0 Å². The maximum Gasteiger partial charge on any atom is 0.119 e. The van der Waals surface area contributed by atoms with Gasteiger partial charge in [0.05, 0.1) is 6.61 Å². The summed E-state index contributed by atoms with van der Waals surface area (Å²) < 4.78 is 10.4. The van der Waals surface area contributed by atoms with Crippen molar-refractivity contribution in [2.75, 3.05) is 25.6 Å². The average Bonchev–Trinajstić information content (AvgIpc) is 2.91. The van der Waals surface area contributed by atoms with Gasteiger partial charge in [-0.1, -0.05) is 0 Å². The van der Waals surface area contributed by atoms with Crippen LogP contribution < -0.4 is 10.1 Å². The number of rotatable bonds is 7. The lowest BCUT2D eigenvalue weighted by molar-refractivity contribution is 0.146. The lowest BCUT2D eigenvalue weighted by Crippen LogP contribution is -2.04. The van der Waals surface area contributed by atoms with Crippen LogP contribution in [0.5, 0.6) is 5.75 Å². The maximum atomic E-state index is 5.49. The highest BCUT2D eigenvalue weighted by molar-refractivity contribution is 5.46. The Balaban J connectivity index is 1.80. The zero-order valence-corrected chi connectivity index (χ0v) is 10.5. The number of aromatic amines is 1. The van der Waals surface area contributed by atoms with Gasteiger partial charge in [-0.05, 0) is 35.9 Å². The van der Waals surface area contributed by atoms with Crippen LogP contribution in [0.15, 0.2) is 42.7 Å². The SMILES string of the molecule is COCCOc1ccc(NCc2cc[nH]c2)cc1. The fourth-order valence-corrected chi connectivity index (χ4v) is 1.58. The van der Waals surface area contributed by atoms with E-state index in [2.05, 4.69) is 16.4 Å². The predicted octanol–water partition coefficient (Wildman–Crippen LogP) is 2.65. The van der Waals surface area contributed by atoms with Gasteiger partial charge in [0, 0.05) is 31.7 Å². The third-order valence-electron chi connectivity index (χ3n) is 2.57. The lowest BCUT2D eigenvalue weighted by Gasteiger charge is -2.08. The molecule has 2 N–H and O–H groups in total. The summed E-state index contributed by atoms with van der Waals surface area (Å²) in [6.07, 6.45) is 3.90. The highest BCUT2D eigenvalue weighted by Gasteiger charge is 1.96. The van der Waals surface area contributed by atoms with E-state index in [-0.39, 0.29) is 0 Å². The molecular weight excluding hydrogens is 228 g/mol. The van der Waals surface area contributed by atoms with E-state index in [1.165, 1.54) is 5.56 Å². The van der Waals surface area contributed by atoms with E-state index in [9.17, 15) is 0 Å². The van der Waals surface area contributed by atoms with E-state index in [1.807, 2.05) is 36.7 Å². The normalized spacial score (nSPS) is 10.3. The Bertz CT molecular complexity index is 437. The summed E-state index contributed by atoms with van der Waals surface area (Å²) in [7, 11) is 1.66. The lowest BCUT2D eigenvalue weighted by atomic mass is 10.3. The van der Waals surface area contributed by atoms with Gasteiger partial charge >= 0.3 is 0 Å². The number of aromatic nitrogens is 1. The van der Waals surface area contributed by atoms with Crippen molar-refractivity contribution < 1.29 is 9.47 Å². The van der Waals surface area contributed by atoms with Crippen molar-refractivity contribution >= 4 is 5.69 Å². The van der Waals surface area contributed by atoms with Gasteiger partial charge in [0.25, 0.3) is 0 Å². The van der Waals surface area contributed by atoms with E-state index in [1.54, 1.807) is 7.11 Å². The second kappa shape index (κ2) is 6.71. The first-order valence-corrected chi connectivity index (χ1v) is 5.96. The van der Waals surface area contributed by atoms with E-state index in [4.69, 9.17) is 9.47 Å². The van der Waals surface area contributed by atoms with Crippen LogP contribution in [0.1, 0.15) is 5.56 Å². The summed E-state index contributed by atoms with van der Waals surface area (Å²) in [6, 6.07) is 9.98. The molecule has 0 saturated carbocycles. The minimum Gasteiger partial charge on any atom is -0.491 e. The Hall–Kier alpha value is -1.94. The molecule has 0 aliphatic carbocycles. The maximum absolute atomic E-state index is 5.49. The molecule has 0 spiro atoms. The van der Waals surface area contributed by atoms with Crippen LogP contribution in [0.3, 0.4) is 0 Å². The van der Waals surface area contributed by atoms with Gasteiger partial charge in [0.2, 0.25) is 0 Å². The largest absolute Gasteiger partial charge is 0.491 e. The van der Waals surface area contributed by atoms with Crippen LogP contribution in [-0.4, -0.2) is 25.3 Å². The smallest absolute Gasteiger partial charge is 0.119 e. The van der Waals surface area contributed by atoms with Crippen molar-refractivity contribution in [2.45, 2.75) is 6.54 Å². The molecule has 1 heterocycles. The molecule has 2 aromatic rings. The van der Waals surface area contributed by atoms with Crippen LogP contribution >= 0.6 is 0 Å². The van der Waals surface area contributed by atoms with Gasteiger partial charge in [0.1, 0.15) is 12.4 Å². The van der Waals surface area contributed by atoms with Crippen molar-refractivity contribution in [3.8, 4) is 5.75 Å². The molecule has 0 bridgehead atoms. The second-order valence-electron chi connectivity index (χ2n) is 3.94. The summed E-state index contributed by atoms with van der Waals surface area (Å²) in [5.41, 5.74) is 2.31. The molecule has 0 unspecified atom stereocenters. The molecule has 4 heteroatoms. The molecule has 0 fully saturated rings. The number of hydrogen-bond donors (Lipinski definition) is 2. The number of hydrogen-bond acceptors (Lipinski definition) is 3. The zero-order chi connectivity index (χ0) is 12.6. The summed E-state index contributed by atoms with van der Waals surface area (Å²) in [4.78, 5) is 3.03. The van der Waals surface area contributed by atoms with Crippen LogP contribution in [0, 0.1) is 0 Å². The van der Waals surface area contributed by atoms with Crippen molar-refractivity contribution in [3.63, 3.8) is 0 Å². The minimum atomic E-state index is 0.576. The number of nitrogens with one attached hydrogen (secondary N) is 2. The van der Waals surface area contributed by atoms with E-state index in [0.29, 0.717) is 13.2 Å². The van der Waals surface area contributed by atoms with Crippen molar-refractivity contribution in [1.29, 1.82) is 0 Å². The van der Waals surface area contributed by atoms with Gasteiger partial charge in [0.15, 0.2) is 0 Å². The first kappa shape index (κ1) is 12.5. The van der Waals surface area contributed by atoms with Crippen molar-refractivity contribution in [2.24, 2.45) is 0 Å². The molecule has 4 nitrogen and oxygen atoms in total. The highest BCUT2D eigenvalue weighted by Crippen LogP contribution is 2.16. The molecule has 18 heavy (non-hydrogen) atoms. The molecule has 1 aromatic heterocycles. The Morgan fingerprint density at radius 1 is 1.11 bits per heavy atom. The van der Waals surface area contributed by atoms with Crippen LogP contribution in [0.2, 0.25) is 0 Å². The average molecular weight is 246 g/mol. The van der Waals surface area contributed by atoms with Gasteiger partial charge in [-0.2, -0.15) is 0 Å². The summed E-state index contributed by atoms with van der Waals surface area (Å²) in [6.45, 7) is 1.99. The third kappa shape index (κ3) is 3.82. The fraction of sp³-hybridized carbons (Fsp3) is 0.286. The van der Waals surface area contributed by atoms with Gasteiger partial charge in [-0.25, -0.2) is 0 Å². The summed E-state index contributed by atoms with van der Waals surface area (Å²) in [5.74, 6) is 0.860. The third-order valence-corrected chi connectivity index (χ3v) is 2.57. The minimum absolute atomic E-state index is 0.576. The first-order valence-electron chi connectivity index (χ1n) is 5.96. The number of H-pyrrole nitrogens is 1. The van der Waals surface area contributed by atoms with Crippen LogP contribution in [0.4, 0.5) is 5.69 Å². The molecule has 0 radical (unpaired) electrons. The Labute approximate surface area is 107 Å². The standard InChI is InChI=1S/C14H18N2O2/c1-17-8-9-18-14-4-2-13(3-5-14)16-11-12-6-7-15-10-12/h2-7,10,15-16H,8-9,11H2,1H3. The van der Waals surface area contributed by atoms with Crippen LogP contribution in [-0.2, 0) is 11.3 Å². The summed E-state index contributed by atoms with van der Waals surface area (Å²) >= 11 is 0. The fourth-order valence-electron chi connectivity index (χ4n) is 1.58. The van der Waals surface area contributed by atoms with Gasteiger partial charge in [-0.15, -0.1) is 0 Å². The quantitative estimate of drug-likeness (QED) is 0.738. The topological polar surface area (TPSA) is 46.3 Å². The van der Waals surface area contributed by atoms with E-state index >= 15 is 0 Å². The Morgan fingerprint density at radius 3 is 2.61 bits per heavy atom. The number of benzene rings is 1. The molecule has 1 aromatic carbocycles. The van der Waals surface area contributed by atoms with Crippen LogP contribution in [0.25, 0.3) is 0 Å². The predicted molar refractivity (Wildman–Crippen MR) is 71.9 cm³/mol. The van der Waals surface area contributed by atoms with Gasteiger partial charge < -0.3 is 19.8 Å². The molecule has 0 aliphatic heterocycles. The molecule has 0 atom stereocenters. The molecular formula is C14H18N2O2. The Morgan fingerprint density at radius 2 is 1.94 bits per heavy atom. The molecule has 0 aliphatic rings. The molecule has 0 amide bonds. The number of anilines is 1. The Kier molecular flexibility index (Phi) is 4.67. The number of methoxy groups -OCH3 is 1. The zero-order valence-electron chi connectivity index (χ0n) is 10.5. The van der Waals surface area contributed by atoms with Crippen molar-refractivity contribution in [3.05, 3.63) is 48.3 Å². The first-order chi connectivity index (χ1) is 8.88. The second-order valence-corrected chi connectivity index (χ2v) is 3.94. The van der Waals surface area contributed by atoms with Gasteiger partial charge in [-0.3, -0.25) is 0 Å². The van der Waals surface area contributed by atoms with E-state index < -0.39 is 0 Å². The molecule has 96 valence electrons. The molecule has 2 rings (SSSR count). The molecule has 0 saturated heterocycles. The summed E-state index contributed by atoms with van der Waals surface area (Å²) in [5, 5.41) is 3.34. The highest BCUT2D eigenvalue weighted by atomic mass is 16.5. The van der Waals surface area contributed by atoms with Crippen molar-refractivity contribution in [1.82, 2.24) is 4.98 Å². The number of ether oxygens (including phenoxy) is 2. The monoisotopic (exact) mass is 246 g/mol.